The number of amides is 1. The number of rotatable bonds is 12. The summed E-state index contributed by atoms with van der Waals surface area (Å²) in [7, 11) is 1.53. The fourth-order valence-corrected chi connectivity index (χ4v) is 4.07. The van der Waals surface area contributed by atoms with E-state index in [4.69, 9.17) is 18.9 Å². The molecule has 2 aromatic carbocycles. The first-order valence-electron chi connectivity index (χ1n) is 12.3. The monoisotopic (exact) mass is 497 g/mol. The zero-order valence-electron chi connectivity index (χ0n) is 21.6. The van der Waals surface area contributed by atoms with Crippen LogP contribution in [0.4, 0.5) is 0 Å². The summed E-state index contributed by atoms with van der Waals surface area (Å²) in [6.07, 6.45) is 0.768. The average Bonchev–Trinajstić information content (AvgIpc) is 3.11. The van der Waals surface area contributed by atoms with Gasteiger partial charge in [-0.1, -0.05) is 25.1 Å². The fraction of sp³-hybridized carbons (Fsp3) is 0.429. The van der Waals surface area contributed by atoms with Crippen molar-refractivity contribution in [3.05, 3.63) is 59.2 Å². The summed E-state index contributed by atoms with van der Waals surface area (Å²) in [4.78, 5) is 27.7. The minimum Gasteiger partial charge on any atom is -0.507 e. The van der Waals surface area contributed by atoms with Gasteiger partial charge < -0.3 is 29.0 Å². The van der Waals surface area contributed by atoms with Crippen molar-refractivity contribution < 1.29 is 33.6 Å². The van der Waals surface area contributed by atoms with E-state index in [1.807, 2.05) is 27.7 Å². The smallest absolute Gasteiger partial charge is 0.295 e. The molecule has 1 heterocycles. The van der Waals surface area contributed by atoms with Crippen molar-refractivity contribution in [2.24, 2.45) is 0 Å². The van der Waals surface area contributed by atoms with Crippen LogP contribution in [0.15, 0.2) is 48.0 Å². The fourth-order valence-electron chi connectivity index (χ4n) is 4.07. The van der Waals surface area contributed by atoms with Gasteiger partial charge in [0.2, 0.25) is 0 Å². The highest BCUT2D eigenvalue weighted by Gasteiger charge is 2.46. The molecule has 0 bridgehead atoms. The van der Waals surface area contributed by atoms with Gasteiger partial charge in [0.05, 0.1) is 37.5 Å². The van der Waals surface area contributed by atoms with Gasteiger partial charge in [-0.05, 0) is 57.0 Å². The molecule has 2 aromatic rings. The van der Waals surface area contributed by atoms with Gasteiger partial charge >= 0.3 is 0 Å². The normalized spacial score (nSPS) is 17.1. The second-order valence-electron chi connectivity index (χ2n) is 8.67. The molecule has 1 atom stereocenters. The SMILES string of the molecule is CCCOc1cccc(/C(O)=C2/C(=O)C(=O)N(CCOC)C2c2ccc(OC(C)C)c(OCC)c2)c1. The molecule has 36 heavy (non-hydrogen) atoms. The Morgan fingerprint density at radius 1 is 1.03 bits per heavy atom. The lowest BCUT2D eigenvalue weighted by Gasteiger charge is -2.26. The third-order valence-electron chi connectivity index (χ3n) is 5.60. The first kappa shape index (κ1) is 27.1. The predicted octanol–water partition coefficient (Wildman–Crippen LogP) is 4.73. The van der Waals surface area contributed by atoms with Crippen molar-refractivity contribution in [2.45, 2.75) is 46.3 Å². The Kier molecular flexibility index (Phi) is 9.36. The molecule has 1 amide bonds. The molecule has 1 N–H and O–H groups in total. The van der Waals surface area contributed by atoms with Gasteiger partial charge in [0.15, 0.2) is 11.5 Å². The van der Waals surface area contributed by atoms with Gasteiger partial charge in [0, 0.05) is 19.2 Å². The van der Waals surface area contributed by atoms with Crippen LogP contribution in [0.25, 0.3) is 5.76 Å². The maximum absolute atomic E-state index is 13.2. The number of hydrogen-bond donors (Lipinski definition) is 1. The molecular weight excluding hydrogens is 462 g/mol. The molecule has 0 aliphatic carbocycles. The van der Waals surface area contributed by atoms with E-state index in [2.05, 4.69) is 0 Å². The number of aliphatic hydroxyl groups excluding tert-OH is 1. The Morgan fingerprint density at radius 3 is 2.47 bits per heavy atom. The number of carbonyl (C=O) groups excluding carboxylic acids is 2. The zero-order chi connectivity index (χ0) is 26.2. The van der Waals surface area contributed by atoms with Crippen LogP contribution in [0.1, 0.15) is 51.3 Å². The number of benzene rings is 2. The minimum absolute atomic E-state index is 0.00345. The molecular formula is C28H35NO7. The van der Waals surface area contributed by atoms with E-state index < -0.39 is 17.7 Å². The van der Waals surface area contributed by atoms with E-state index in [1.54, 1.807) is 42.5 Å². The summed E-state index contributed by atoms with van der Waals surface area (Å²) in [5.74, 6) is -0.0897. The lowest BCUT2D eigenvalue weighted by molar-refractivity contribution is -0.140. The standard InChI is InChI=1S/C28H35NO7/c1-6-14-35-21-10-8-9-20(16-21)26(30)24-25(29(13-15-33-5)28(32)27(24)31)19-11-12-22(36-18(3)4)23(17-19)34-7-2/h8-12,16-18,25,30H,6-7,13-15H2,1-5H3/b26-24-. The number of Topliss-reactive ketones (excluding diaryl/α,β-unsaturated/α-hetero) is 1. The number of aliphatic hydroxyl groups is 1. The summed E-state index contributed by atoms with van der Waals surface area (Å²) in [6, 6.07) is 11.3. The Bertz CT molecular complexity index is 1110. The number of hydrogen-bond acceptors (Lipinski definition) is 7. The van der Waals surface area contributed by atoms with E-state index in [1.165, 1.54) is 12.0 Å². The van der Waals surface area contributed by atoms with Gasteiger partial charge in [0.1, 0.15) is 11.5 Å². The molecule has 0 spiro atoms. The zero-order valence-corrected chi connectivity index (χ0v) is 21.6. The molecule has 1 aliphatic rings. The third-order valence-corrected chi connectivity index (χ3v) is 5.60. The molecule has 194 valence electrons. The van der Waals surface area contributed by atoms with E-state index in [-0.39, 0.29) is 30.6 Å². The molecule has 1 aliphatic heterocycles. The molecule has 1 saturated heterocycles. The lowest BCUT2D eigenvalue weighted by Crippen LogP contribution is -2.32. The minimum atomic E-state index is -0.826. The second kappa shape index (κ2) is 12.4. The molecule has 0 saturated carbocycles. The predicted molar refractivity (Wildman–Crippen MR) is 136 cm³/mol. The number of methoxy groups -OCH3 is 1. The van der Waals surface area contributed by atoms with Crippen molar-refractivity contribution >= 4 is 17.4 Å². The Balaban J connectivity index is 2.15. The van der Waals surface area contributed by atoms with Crippen LogP contribution >= 0.6 is 0 Å². The topological polar surface area (TPSA) is 94.5 Å². The molecule has 3 rings (SSSR count). The Labute approximate surface area is 212 Å². The van der Waals surface area contributed by atoms with Gasteiger partial charge in [-0.3, -0.25) is 9.59 Å². The van der Waals surface area contributed by atoms with Crippen molar-refractivity contribution in [1.82, 2.24) is 4.90 Å². The quantitative estimate of drug-likeness (QED) is 0.257. The van der Waals surface area contributed by atoms with Gasteiger partial charge in [-0.15, -0.1) is 0 Å². The average molecular weight is 498 g/mol. The van der Waals surface area contributed by atoms with Crippen molar-refractivity contribution in [2.75, 3.05) is 33.5 Å². The third kappa shape index (κ3) is 5.99. The number of carbonyl (C=O) groups is 2. The molecule has 8 nitrogen and oxygen atoms in total. The maximum Gasteiger partial charge on any atom is 0.295 e. The van der Waals surface area contributed by atoms with E-state index in [9.17, 15) is 14.7 Å². The summed E-state index contributed by atoms with van der Waals surface area (Å²) in [6.45, 7) is 9.04. The van der Waals surface area contributed by atoms with Crippen LogP contribution in [-0.2, 0) is 14.3 Å². The molecule has 0 radical (unpaired) electrons. The maximum atomic E-state index is 13.2. The van der Waals surface area contributed by atoms with Crippen LogP contribution in [0.5, 0.6) is 17.2 Å². The van der Waals surface area contributed by atoms with Crippen molar-refractivity contribution in [1.29, 1.82) is 0 Å². The molecule has 0 aromatic heterocycles. The largest absolute Gasteiger partial charge is 0.507 e. The molecule has 1 unspecified atom stereocenters. The summed E-state index contributed by atoms with van der Waals surface area (Å²) >= 11 is 0. The van der Waals surface area contributed by atoms with Crippen LogP contribution < -0.4 is 14.2 Å². The van der Waals surface area contributed by atoms with Gasteiger partial charge in [-0.25, -0.2) is 0 Å². The van der Waals surface area contributed by atoms with E-state index >= 15 is 0 Å². The van der Waals surface area contributed by atoms with Gasteiger partial charge in [-0.2, -0.15) is 0 Å². The van der Waals surface area contributed by atoms with Gasteiger partial charge in [0.25, 0.3) is 11.7 Å². The highest BCUT2D eigenvalue weighted by Crippen LogP contribution is 2.42. The second-order valence-corrected chi connectivity index (χ2v) is 8.67. The Hall–Kier alpha value is -3.52. The lowest BCUT2D eigenvalue weighted by atomic mass is 9.95. The number of ketones is 1. The van der Waals surface area contributed by atoms with E-state index in [0.717, 1.165) is 6.42 Å². The first-order valence-corrected chi connectivity index (χ1v) is 12.3. The van der Waals surface area contributed by atoms with Crippen LogP contribution in [0.2, 0.25) is 0 Å². The van der Waals surface area contributed by atoms with Crippen LogP contribution in [0.3, 0.4) is 0 Å². The molecule has 8 heteroatoms. The van der Waals surface area contributed by atoms with E-state index in [0.29, 0.717) is 41.6 Å². The summed E-state index contributed by atoms with van der Waals surface area (Å²) < 4.78 is 22.6. The number of ether oxygens (including phenoxy) is 4. The summed E-state index contributed by atoms with van der Waals surface area (Å²) in [5, 5.41) is 11.3. The number of nitrogens with zero attached hydrogens (tertiary/aromatic N) is 1. The molecule has 1 fully saturated rings. The number of likely N-dealkylation sites (tertiary alicyclic amines) is 1. The first-order chi connectivity index (χ1) is 17.3. The highest BCUT2D eigenvalue weighted by molar-refractivity contribution is 6.46. The highest BCUT2D eigenvalue weighted by atomic mass is 16.5. The van der Waals surface area contributed by atoms with Crippen LogP contribution in [-0.4, -0.2) is 61.3 Å². The Morgan fingerprint density at radius 2 is 1.81 bits per heavy atom. The summed E-state index contributed by atoms with van der Waals surface area (Å²) in [5.41, 5.74) is 1.01. The van der Waals surface area contributed by atoms with Crippen LogP contribution in [0, 0.1) is 0 Å². The van der Waals surface area contributed by atoms with Crippen molar-refractivity contribution in [3.63, 3.8) is 0 Å². The van der Waals surface area contributed by atoms with Crippen molar-refractivity contribution in [3.8, 4) is 17.2 Å².